The number of halogens is 1. The summed E-state index contributed by atoms with van der Waals surface area (Å²) in [5.41, 5.74) is 1.73. The monoisotopic (exact) mass is 390 g/mol. The number of fused-ring (bicyclic) bond motifs is 1. The number of Topliss-reactive ketones (excluding diaryl/α,β-unsaturated/α-hetero) is 2. The maximum atomic E-state index is 12.5. The van der Waals surface area contributed by atoms with Crippen LogP contribution in [0.2, 0.25) is 5.02 Å². The normalized spacial score (nSPS) is 13.9. The molecule has 1 aliphatic rings. The standard InChI is InChI=1S/C23H15ClO4/c24-19-9-5-4-8-16(19)12-22-23(26)18-11-10-17(13-21(18)28-22)27-14-20(25)15-6-2-1-3-7-15/h1-13H,14H2. The van der Waals surface area contributed by atoms with Gasteiger partial charge in [-0.3, -0.25) is 9.59 Å². The lowest BCUT2D eigenvalue weighted by Gasteiger charge is -2.06. The van der Waals surface area contributed by atoms with Crippen LogP contribution in [0.4, 0.5) is 0 Å². The summed E-state index contributed by atoms with van der Waals surface area (Å²) in [5, 5.41) is 0.533. The summed E-state index contributed by atoms with van der Waals surface area (Å²) in [6.45, 7) is -0.0981. The molecule has 0 saturated heterocycles. The van der Waals surface area contributed by atoms with Crippen molar-refractivity contribution < 1.29 is 19.1 Å². The molecule has 0 unspecified atom stereocenters. The molecule has 0 aliphatic carbocycles. The van der Waals surface area contributed by atoms with E-state index in [-0.39, 0.29) is 23.9 Å². The Hall–Kier alpha value is -3.37. The van der Waals surface area contributed by atoms with Gasteiger partial charge in [0.05, 0.1) is 5.56 Å². The third kappa shape index (κ3) is 3.68. The summed E-state index contributed by atoms with van der Waals surface area (Å²) in [7, 11) is 0. The topological polar surface area (TPSA) is 52.6 Å². The van der Waals surface area contributed by atoms with Crippen LogP contribution in [0.1, 0.15) is 26.3 Å². The van der Waals surface area contributed by atoms with Crippen LogP contribution in [0, 0.1) is 0 Å². The summed E-state index contributed by atoms with van der Waals surface area (Å²) in [6.07, 6.45) is 1.62. The second-order valence-corrected chi connectivity index (χ2v) is 6.60. The predicted octanol–water partition coefficient (Wildman–Crippen LogP) is 5.22. The Labute approximate surface area is 167 Å². The molecule has 0 atom stereocenters. The Morgan fingerprint density at radius 1 is 1.00 bits per heavy atom. The third-order valence-electron chi connectivity index (χ3n) is 4.30. The van der Waals surface area contributed by atoms with Crippen LogP contribution in [0.15, 0.2) is 78.6 Å². The molecule has 4 nitrogen and oxygen atoms in total. The molecule has 1 aliphatic heterocycles. The van der Waals surface area contributed by atoms with Crippen molar-refractivity contribution in [2.75, 3.05) is 6.61 Å². The van der Waals surface area contributed by atoms with Crippen LogP contribution >= 0.6 is 11.6 Å². The molecule has 4 rings (SSSR count). The van der Waals surface area contributed by atoms with E-state index in [4.69, 9.17) is 21.1 Å². The number of ether oxygens (including phenoxy) is 2. The van der Waals surface area contributed by atoms with Crippen molar-refractivity contribution in [2.24, 2.45) is 0 Å². The Morgan fingerprint density at radius 3 is 2.54 bits per heavy atom. The molecule has 1 heterocycles. The van der Waals surface area contributed by atoms with Crippen LogP contribution in [0.25, 0.3) is 6.08 Å². The second kappa shape index (κ2) is 7.71. The minimum absolute atomic E-state index is 0.0981. The van der Waals surface area contributed by atoms with Crippen LogP contribution in [-0.4, -0.2) is 18.2 Å². The number of benzene rings is 3. The number of carbonyl (C=O) groups is 2. The van der Waals surface area contributed by atoms with Crippen LogP contribution in [-0.2, 0) is 0 Å². The number of hydrogen-bond donors (Lipinski definition) is 0. The SMILES string of the molecule is O=C(COc1ccc2c(c1)OC(=Cc1ccccc1Cl)C2=O)c1ccccc1. The number of rotatable bonds is 5. The summed E-state index contributed by atoms with van der Waals surface area (Å²) in [5.74, 6) is 0.697. The van der Waals surface area contributed by atoms with Gasteiger partial charge < -0.3 is 9.47 Å². The highest BCUT2D eigenvalue weighted by Crippen LogP contribution is 2.35. The van der Waals surface area contributed by atoms with Crippen LogP contribution in [0.3, 0.4) is 0 Å². The fraction of sp³-hybridized carbons (Fsp3) is 0.0435. The van der Waals surface area contributed by atoms with Gasteiger partial charge in [-0.2, -0.15) is 0 Å². The summed E-state index contributed by atoms with van der Waals surface area (Å²) >= 11 is 6.14. The zero-order valence-electron chi connectivity index (χ0n) is 14.7. The largest absolute Gasteiger partial charge is 0.485 e. The van der Waals surface area contributed by atoms with E-state index in [1.165, 1.54) is 0 Å². The second-order valence-electron chi connectivity index (χ2n) is 6.20. The first-order chi connectivity index (χ1) is 13.6. The maximum absolute atomic E-state index is 12.5. The number of hydrogen-bond acceptors (Lipinski definition) is 4. The fourth-order valence-electron chi connectivity index (χ4n) is 2.85. The molecule has 0 amide bonds. The molecule has 0 fully saturated rings. The highest BCUT2D eigenvalue weighted by Gasteiger charge is 2.28. The number of carbonyl (C=O) groups excluding carboxylic acids is 2. The van der Waals surface area contributed by atoms with E-state index in [1.54, 1.807) is 60.7 Å². The first-order valence-electron chi connectivity index (χ1n) is 8.66. The van der Waals surface area contributed by atoms with Gasteiger partial charge in [0, 0.05) is 16.7 Å². The van der Waals surface area contributed by atoms with Crippen molar-refractivity contribution in [2.45, 2.75) is 0 Å². The van der Waals surface area contributed by atoms with Gasteiger partial charge in [-0.1, -0.05) is 60.1 Å². The molecular formula is C23H15ClO4. The predicted molar refractivity (Wildman–Crippen MR) is 107 cm³/mol. The third-order valence-corrected chi connectivity index (χ3v) is 4.64. The van der Waals surface area contributed by atoms with Crippen molar-refractivity contribution in [1.29, 1.82) is 0 Å². The van der Waals surface area contributed by atoms with E-state index in [0.717, 1.165) is 0 Å². The van der Waals surface area contributed by atoms with E-state index in [2.05, 4.69) is 0 Å². The Morgan fingerprint density at radius 2 is 1.75 bits per heavy atom. The first kappa shape index (κ1) is 18.0. The molecule has 28 heavy (non-hydrogen) atoms. The van der Waals surface area contributed by atoms with Crippen LogP contribution in [0.5, 0.6) is 11.5 Å². The summed E-state index contributed by atoms with van der Waals surface area (Å²) < 4.78 is 11.3. The number of allylic oxidation sites excluding steroid dienone is 1. The molecule has 0 bridgehead atoms. The van der Waals surface area contributed by atoms with Crippen LogP contribution < -0.4 is 9.47 Å². The minimum Gasteiger partial charge on any atom is -0.485 e. The lowest BCUT2D eigenvalue weighted by Crippen LogP contribution is -2.11. The van der Waals surface area contributed by atoms with Crippen molar-refractivity contribution >= 4 is 29.2 Å². The molecule has 0 saturated carbocycles. The first-order valence-corrected chi connectivity index (χ1v) is 9.03. The lowest BCUT2D eigenvalue weighted by molar-refractivity contribution is 0.0921. The summed E-state index contributed by atoms with van der Waals surface area (Å²) in [6, 6.07) is 21.0. The molecule has 0 aromatic heterocycles. The molecule has 3 aromatic rings. The molecule has 138 valence electrons. The fourth-order valence-corrected chi connectivity index (χ4v) is 3.04. The van der Waals surface area contributed by atoms with Gasteiger partial charge in [0.2, 0.25) is 5.78 Å². The zero-order chi connectivity index (χ0) is 19.5. The van der Waals surface area contributed by atoms with Gasteiger partial charge in [0.15, 0.2) is 18.1 Å². The zero-order valence-corrected chi connectivity index (χ0v) is 15.5. The maximum Gasteiger partial charge on any atom is 0.231 e. The molecule has 0 radical (unpaired) electrons. The molecule has 3 aromatic carbocycles. The highest BCUT2D eigenvalue weighted by atomic mass is 35.5. The molecule has 0 N–H and O–H groups in total. The van der Waals surface area contributed by atoms with Gasteiger partial charge in [0.1, 0.15) is 11.5 Å². The Bertz CT molecular complexity index is 1090. The van der Waals surface area contributed by atoms with E-state index in [1.807, 2.05) is 18.2 Å². The van der Waals surface area contributed by atoms with E-state index >= 15 is 0 Å². The molecule has 5 heteroatoms. The highest BCUT2D eigenvalue weighted by molar-refractivity contribution is 6.32. The van der Waals surface area contributed by atoms with Gasteiger partial charge in [-0.05, 0) is 29.8 Å². The quantitative estimate of drug-likeness (QED) is 0.443. The van der Waals surface area contributed by atoms with Gasteiger partial charge in [0.25, 0.3) is 0 Å². The van der Waals surface area contributed by atoms with Gasteiger partial charge >= 0.3 is 0 Å². The Balaban J connectivity index is 1.50. The van der Waals surface area contributed by atoms with E-state index < -0.39 is 0 Å². The smallest absolute Gasteiger partial charge is 0.231 e. The minimum atomic E-state index is -0.221. The van der Waals surface area contributed by atoms with E-state index in [0.29, 0.717) is 33.2 Å². The van der Waals surface area contributed by atoms with E-state index in [9.17, 15) is 9.59 Å². The van der Waals surface area contributed by atoms with Crippen molar-refractivity contribution in [3.8, 4) is 11.5 Å². The van der Waals surface area contributed by atoms with Crippen molar-refractivity contribution in [1.82, 2.24) is 0 Å². The molecular weight excluding hydrogens is 376 g/mol. The Kier molecular flexibility index (Phi) is 4.96. The van der Waals surface area contributed by atoms with Crippen molar-refractivity contribution in [3.05, 3.63) is 100 Å². The number of ketones is 2. The lowest BCUT2D eigenvalue weighted by atomic mass is 10.1. The average Bonchev–Trinajstić information content (AvgIpc) is 3.03. The average molecular weight is 391 g/mol. The van der Waals surface area contributed by atoms with Gasteiger partial charge in [-0.25, -0.2) is 0 Å². The van der Waals surface area contributed by atoms with Gasteiger partial charge in [-0.15, -0.1) is 0 Å². The molecule has 0 spiro atoms. The summed E-state index contributed by atoms with van der Waals surface area (Å²) in [4.78, 5) is 24.7. The van der Waals surface area contributed by atoms with Crippen molar-refractivity contribution in [3.63, 3.8) is 0 Å².